The predicted octanol–water partition coefficient (Wildman–Crippen LogP) is 3.18. The van der Waals surface area contributed by atoms with Gasteiger partial charge < -0.3 is 19.4 Å². The van der Waals surface area contributed by atoms with E-state index in [-0.39, 0.29) is 5.91 Å². The van der Waals surface area contributed by atoms with Gasteiger partial charge in [-0.1, -0.05) is 26.0 Å². The third-order valence-corrected chi connectivity index (χ3v) is 4.88. The number of nitrogens with one attached hydrogen (secondary N) is 1. The fraction of sp³-hybridized carbons (Fsp3) is 0.526. The fourth-order valence-corrected chi connectivity index (χ4v) is 3.47. The largest absolute Gasteiger partial charge is 0.493 e. The molecule has 24 heavy (non-hydrogen) atoms. The number of nitrogens with zero attached hydrogens (tertiary/aromatic N) is 1. The maximum absolute atomic E-state index is 11.8. The zero-order valence-electron chi connectivity index (χ0n) is 14.7. The minimum atomic E-state index is 0.254. The number of piperidine rings is 1. The third-order valence-electron chi connectivity index (χ3n) is 4.88. The smallest absolute Gasteiger partial charge is 0.222 e. The van der Waals surface area contributed by atoms with Crippen molar-refractivity contribution in [1.29, 1.82) is 0 Å². The monoisotopic (exact) mass is 330 g/mol. The minimum absolute atomic E-state index is 0.254. The highest BCUT2D eigenvalue weighted by Gasteiger charge is 2.27. The second kappa shape index (κ2) is 7.26. The van der Waals surface area contributed by atoms with E-state index in [2.05, 4.69) is 18.3 Å². The molecule has 0 bridgehead atoms. The Hall–Kier alpha value is -2.01. The van der Waals surface area contributed by atoms with Gasteiger partial charge in [0.1, 0.15) is 5.76 Å². The van der Waals surface area contributed by atoms with Gasteiger partial charge in [0.2, 0.25) is 5.91 Å². The molecule has 1 saturated heterocycles. The number of furan rings is 1. The zero-order chi connectivity index (χ0) is 17.1. The SMILES string of the molecule is CCC(=O)N1CCC(NCc2cc3cccc(OC)c3o2)C(C)C1. The van der Waals surface area contributed by atoms with Crippen LogP contribution in [-0.2, 0) is 11.3 Å². The molecular formula is C19H26N2O3. The van der Waals surface area contributed by atoms with Crippen molar-refractivity contribution >= 4 is 16.9 Å². The lowest BCUT2D eigenvalue weighted by Gasteiger charge is -2.37. The van der Waals surface area contributed by atoms with Gasteiger partial charge in [-0.05, 0) is 24.5 Å². The standard InChI is InChI=1S/C19H26N2O3/c1-4-18(22)21-9-8-16(13(2)12-21)20-11-15-10-14-6-5-7-17(23-3)19(14)24-15/h5-7,10,13,16,20H,4,8-9,11-12H2,1-3H3. The Labute approximate surface area is 143 Å². The van der Waals surface area contributed by atoms with E-state index in [0.29, 0.717) is 24.9 Å². The molecule has 2 aromatic rings. The van der Waals surface area contributed by atoms with Gasteiger partial charge in [-0.2, -0.15) is 0 Å². The molecule has 5 nitrogen and oxygen atoms in total. The predicted molar refractivity (Wildman–Crippen MR) is 94.0 cm³/mol. The molecule has 3 rings (SSSR count). The van der Waals surface area contributed by atoms with E-state index in [1.54, 1.807) is 7.11 Å². The maximum atomic E-state index is 11.8. The van der Waals surface area contributed by atoms with Crippen molar-refractivity contribution in [3.8, 4) is 5.75 Å². The van der Waals surface area contributed by atoms with Crippen molar-refractivity contribution in [2.75, 3.05) is 20.2 Å². The van der Waals surface area contributed by atoms with Gasteiger partial charge in [-0.3, -0.25) is 4.79 Å². The first-order valence-electron chi connectivity index (χ1n) is 8.69. The topological polar surface area (TPSA) is 54.7 Å². The van der Waals surface area contributed by atoms with Crippen LogP contribution in [0.1, 0.15) is 32.4 Å². The van der Waals surface area contributed by atoms with Crippen LogP contribution in [0, 0.1) is 5.92 Å². The Morgan fingerprint density at radius 2 is 2.29 bits per heavy atom. The van der Waals surface area contributed by atoms with Gasteiger partial charge in [-0.15, -0.1) is 0 Å². The summed E-state index contributed by atoms with van der Waals surface area (Å²) in [6.45, 7) is 6.48. The van der Waals surface area contributed by atoms with Crippen LogP contribution in [0.25, 0.3) is 11.0 Å². The number of carbonyl (C=O) groups is 1. The minimum Gasteiger partial charge on any atom is -0.493 e. The fourth-order valence-electron chi connectivity index (χ4n) is 3.47. The average molecular weight is 330 g/mol. The number of likely N-dealkylation sites (tertiary alicyclic amines) is 1. The van der Waals surface area contributed by atoms with Crippen molar-refractivity contribution in [3.05, 3.63) is 30.0 Å². The van der Waals surface area contributed by atoms with Crippen molar-refractivity contribution < 1.29 is 13.9 Å². The van der Waals surface area contributed by atoms with Gasteiger partial charge >= 0.3 is 0 Å². The molecule has 1 aliphatic heterocycles. The number of hydrogen-bond donors (Lipinski definition) is 1. The van der Waals surface area contributed by atoms with Crippen LogP contribution in [0.3, 0.4) is 0 Å². The van der Waals surface area contributed by atoms with Crippen molar-refractivity contribution in [2.45, 2.75) is 39.3 Å². The summed E-state index contributed by atoms with van der Waals surface area (Å²) in [7, 11) is 1.66. The maximum Gasteiger partial charge on any atom is 0.222 e. The first-order valence-corrected chi connectivity index (χ1v) is 8.69. The van der Waals surface area contributed by atoms with E-state index >= 15 is 0 Å². The molecular weight excluding hydrogens is 304 g/mol. The number of benzene rings is 1. The summed E-state index contributed by atoms with van der Waals surface area (Å²) in [5, 5.41) is 4.65. The summed E-state index contributed by atoms with van der Waals surface area (Å²) in [4.78, 5) is 13.8. The molecule has 1 amide bonds. The molecule has 1 aliphatic rings. The lowest BCUT2D eigenvalue weighted by atomic mass is 9.93. The lowest BCUT2D eigenvalue weighted by molar-refractivity contribution is -0.132. The molecule has 0 radical (unpaired) electrons. The summed E-state index contributed by atoms with van der Waals surface area (Å²) in [6.07, 6.45) is 1.57. The summed E-state index contributed by atoms with van der Waals surface area (Å²) >= 11 is 0. The molecule has 0 spiro atoms. The molecule has 1 aromatic carbocycles. The number of ether oxygens (including phenoxy) is 1. The van der Waals surface area contributed by atoms with E-state index in [1.807, 2.05) is 30.0 Å². The Morgan fingerprint density at radius 1 is 1.46 bits per heavy atom. The molecule has 2 atom stereocenters. The van der Waals surface area contributed by atoms with Crippen LogP contribution in [0.15, 0.2) is 28.7 Å². The first kappa shape index (κ1) is 16.8. The molecule has 1 N–H and O–H groups in total. The Bertz CT molecular complexity index is 710. The van der Waals surface area contributed by atoms with Crippen LogP contribution >= 0.6 is 0 Å². The van der Waals surface area contributed by atoms with Crippen molar-refractivity contribution in [1.82, 2.24) is 10.2 Å². The Morgan fingerprint density at radius 3 is 3.00 bits per heavy atom. The molecule has 0 aliphatic carbocycles. The number of amides is 1. The Balaban J connectivity index is 1.61. The summed E-state index contributed by atoms with van der Waals surface area (Å²) in [6, 6.07) is 8.37. The lowest BCUT2D eigenvalue weighted by Crippen LogP contribution is -2.49. The number of rotatable bonds is 5. The molecule has 2 unspecified atom stereocenters. The van der Waals surface area contributed by atoms with E-state index in [9.17, 15) is 4.79 Å². The summed E-state index contributed by atoms with van der Waals surface area (Å²) in [5.41, 5.74) is 0.799. The second-order valence-electron chi connectivity index (χ2n) is 6.54. The first-order chi connectivity index (χ1) is 11.6. The quantitative estimate of drug-likeness (QED) is 0.915. The third kappa shape index (κ3) is 3.41. The number of para-hydroxylation sites is 1. The van der Waals surface area contributed by atoms with Crippen LogP contribution in [-0.4, -0.2) is 37.0 Å². The van der Waals surface area contributed by atoms with Gasteiger partial charge in [-0.25, -0.2) is 0 Å². The summed E-state index contributed by atoms with van der Waals surface area (Å²) < 4.78 is 11.3. The summed E-state index contributed by atoms with van der Waals surface area (Å²) in [5.74, 6) is 2.37. The number of carbonyl (C=O) groups excluding carboxylic acids is 1. The van der Waals surface area contributed by atoms with E-state index in [0.717, 1.165) is 42.0 Å². The Kier molecular flexibility index (Phi) is 5.09. The van der Waals surface area contributed by atoms with E-state index < -0.39 is 0 Å². The van der Waals surface area contributed by atoms with Crippen LogP contribution in [0.4, 0.5) is 0 Å². The average Bonchev–Trinajstić information content (AvgIpc) is 3.02. The molecule has 0 saturated carbocycles. The van der Waals surface area contributed by atoms with Crippen molar-refractivity contribution in [2.24, 2.45) is 5.92 Å². The van der Waals surface area contributed by atoms with Gasteiger partial charge in [0.05, 0.1) is 13.7 Å². The van der Waals surface area contributed by atoms with E-state index in [1.165, 1.54) is 0 Å². The van der Waals surface area contributed by atoms with Gasteiger partial charge in [0.15, 0.2) is 11.3 Å². The highest BCUT2D eigenvalue weighted by molar-refractivity contribution is 5.83. The normalized spacial score (nSPS) is 21.2. The number of methoxy groups -OCH3 is 1. The second-order valence-corrected chi connectivity index (χ2v) is 6.54. The number of hydrogen-bond acceptors (Lipinski definition) is 4. The van der Waals surface area contributed by atoms with Gasteiger partial charge in [0, 0.05) is 30.9 Å². The van der Waals surface area contributed by atoms with E-state index in [4.69, 9.17) is 9.15 Å². The van der Waals surface area contributed by atoms with Crippen LogP contribution in [0.2, 0.25) is 0 Å². The zero-order valence-corrected chi connectivity index (χ0v) is 14.7. The molecule has 2 heterocycles. The highest BCUT2D eigenvalue weighted by atomic mass is 16.5. The van der Waals surface area contributed by atoms with Crippen LogP contribution in [0.5, 0.6) is 5.75 Å². The highest BCUT2D eigenvalue weighted by Crippen LogP contribution is 2.28. The molecule has 130 valence electrons. The van der Waals surface area contributed by atoms with Crippen LogP contribution < -0.4 is 10.1 Å². The molecule has 5 heteroatoms. The molecule has 1 aromatic heterocycles. The van der Waals surface area contributed by atoms with Crippen molar-refractivity contribution in [3.63, 3.8) is 0 Å². The molecule has 1 fully saturated rings. The number of fused-ring (bicyclic) bond motifs is 1. The van der Waals surface area contributed by atoms with Gasteiger partial charge in [0.25, 0.3) is 0 Å².